The molecule has 0 bridgehead atoms. The summed E-state index contributed by atoms with van der Waals surface area (Å²) >= 11 is 0. The second-order valence-electron chi connectivity index (χ2n) is 6.15. The van der Waals surface area contributed by atoms with Crippen LogP contribution in [0.15, 0.2) is 66.9 Å². The number of nitrogens with one attached hydrogen (secondary N) is 1. The fraction of sp³-hybridized carbons (Fsp3) is 0.0952. The van der Waals surface area contributed by atoms with Crippen LogP contribution in [0.4, 0.5) is 11.4 Å². The van der Waals surface area contributed by atoms with Crippen molar-refractivity contribution in [2.24, 2.45) is 0 Å². The molecule has 1 aliphatic heterocycles. The fourth-order valence-electron chi connectivity index (χ4n) is 3.14. The number of fused-ring (bicyclic) bond motifs is 1. The van der Waals surface area contributed by atoms with Crippen molar-refractivity contribution in [2.45, 2.75) is 13.1 Å². The first-order valence-corrected chi connectivity index (χ1v) is 8.30. The number of nitrogens with zero attached hydrogens (tertiary/aromatic N) is 3. The van der Waals surface area contributed by atoms with Crippen LogP contribution in [0.1, 0.15) is 33.3 Å². The van der Waals surface area contributed by atoms with Crippen molar-refractivity contribution in [1.82, 2.24) is 4.98 Å². The zero-order valence-electron chi connectivity index (χ0n) is 14.2. The van der Waals surface area contributed by atoms with Gasteiger partial charge >= 0.3 is 0 Å². The number of aryl methyl sites for hydroxylation is 1. The van der Waals surface area contributed by atoms with E-state index in [0.717, 1.165) is 11.3 Å². The quantitative estimate of drug-likeness (QED) is 0.781. The monoisotopic (exact) mass is 340 g/mol. The van der Waals surface area contributed by atoms with Crippen molar-refractivity contribution in [1.29, 1.82) is 5.26 Å². The van der Waals surface area contributed by atoms with E-state index in [2.05, 4.69) is 16.4 Å². The average molecular weight is 340 g/mol. The largest absolute Gasteiger partial charge is 0.359 e. The highest BCUT2D eigenvalue weighted by molar-refractivity contribution is 6.11. The molecule has 0 saturated carbocycles. The number of carbonyl (C=O) groups is 1. The van der Waals surface area contributed by atoms with E-state index in [1.165, 1.54) is 0 Å². The molecule has 2 heterocycles. The van der Waals surface area contributed by atoms with Crippen molar-refractivity contribution < 1.29 is 4.79 Å². The molecule has 1 aliphatic rings. The molecule has 4 rings (SSSR count). The van der Waals surface area contributed by atoms with Gasteiger partial charge < -0.3 is 5.32 Å². The lowest BCUT2D eigenvalue weighted by Gasteiger charge is -2.27. The molecule has 5 nitrogen and oxygen atoms in total. The third-order valence-electron chi connectivity index (χ3n) is 4.46. The summed E-state index contributed by atoms with van der Waals surface area (Å²) in [5, 5.41) is 12.7. The number of nitriles is 1. The lowest BCUT2D eigenvalue weighted by molar-refractivity contribution is 0.0993. The van der Waals surface area contributed by atoms with E-state index in [-0.39, 0.29) is 5.91 Å². The molecule has 1 amide bonds. The molecular weight excluding hydrogens is 324 g/mol. The first-order valence-electron chi connectivity index (χ1n) is 8.30. The molecule has 0 aliphatic carbocycles. The molecule has 26 heavy (non-hydrogen) atoms. The number of hydrogen-bond donors (Lipinski definition) is 1. The highest BCUT2D eigenvalue weighted by Crippen LogP contribution is 2.37. The van der Waals surface area contributed by atoms with Gasteiger partial charge in [0.2, 0.25) is 0 Å². The van der Waals surface area contributed by atoms with Gasteiger partial charge in [0, 0.05) is 11.9 Å². The Labute approximate surface area is 151 Å². The Bertz CT molecular complexity index is 1020. The van der Waals surface area contributed by atoms with Crippen LogP contribution in [-0.2, 0) is 0 Å². The van der Waals surface area contributed by atoms with E-state index in [1.807, 2.05) is 49.4 Å². The number of rotatable bonds is 3. The first-order chi connectivity index (χ1) is 12.7. The van der Waals surface area contributed by atoms with Crippen LogP contribution in [0.3, 0.4) is 0 Å². The summed E-state index contributed by atoms with van der Waals surface area (Å²) < 4.78 is 0. The van der Waals surface area contributed by atoms with Crippen molar-refractivity contribution in [3.8, 4) is 6.07 Å². The van der Waals surface area contributed by atoms with Gasteiger partial charge in [0.15, 0.2) is 6.17 Å². The third-order valence-corrected chi connectivity index (χ3v) is 4.46. The normalized spacial score (nSPS) is 15.5. The van der Waals surface area contributed by atoms with Gasteiger partial charge in [-0.25, -0.2) is 0 Å². The minimum atomic E-state index is -0.476. The SMILES string of the molecule is Cc1ccc(N2C(=O)c3cccnc3C2Nc2ccccc2C#N)cc1. The lowest BCUT2D eigenvalue weighted by Crippen LogP contribution is -2.32. The molecule has 1 unspecified atom stereocenters. The number of pyridine rings is 1. The maximum absolute atomic E-state index is 13.0. The predicted molar refractivity (Wildman–Crippen MR) is 99.7 cm³/mol. The summed E-state index contributed by atoms with van der Waals surface area (Å²) in [5.74, 6) is -0.108. The van der Waals surface area contributed by atoms with Gasteiger partial charge in [-0.05, 0) is 43.3 Å². The van der Waals surface area contributed by atoms with Gasteiger partial charge in [0.05, 0.1) is 22.5 Å². The van der Waals surface area contributed by atoms with Crippen LogP contribution < -0.4 is 10.2 Å². The Morgan fingerprint density at radius 1 is 1.08 bits per heavy atom. The van der Waals surface area contributed by atoms with Crippen molar-refractivity contribution >= 4 is 17.3 Å². The Morgan fingerprint density at radius 3 is 2.62 bits per heavy atom. The van der Waals surface area contributed by atoms with E-state index in [9.17, 15) is 10.1 Å². The summed E-state index contributed by atoms with van der Waals surface area (Å²) in [4.78, 5) is 19.1. The second-order valence-corrected chi connectivity index (χ2v) is 6.15. The summed E-state index contributed by atoms with van der Waals surface area (Å²) in [6.07, 6.45) is 1.20. The highest BCUT2D eigenvalue weighted by atomic mass is 16.2. The minimum absolute atomic E-state index is 0.108. The van der Waals surface area contributed by atoms with Crippen LogP contribution in [0.5, 0.6) is 0 Å². The number of amides is 1. The minimum Gasteiger partial charge on any atom is -0.359 e. The van der Waals surface area contributed by atoms with E-state index in [4.69, 9.17) is 0 Å². The molecule has 2 aromatic carbocycles. The maximum atomic E-state index is 13.0. The summed E-state index contributed by atoms with van der Waals surface area (Å²) in [6, 6.07) is 20.8. The lowest BCUT2D eigenvalue weighted by atomic mass is 10.1. The van der Waals surface area contributed by atoms with Gasteiger partial charge in [-0.1, -0.05) is 29.8 Å². The molecule has 3 aromatic rings. The molecule has 1 aromatic heterocycles. The molecule has 5 heteroatoms. The molecular formula is C21H16N4O. The maximum Gasteiger partial charge on any atom is 0.262 e. The van der Waals surface area contributed by atoms with E-state index < -0.39 is 6.17 Å². The predicted octanol–water partition coefficient (Wildman–Crippen LogP) is 4.03. The number of aromatic nitrogens is 1. The van der Waals surface area contributed by atoms with Crippen LogP contribution in [-0.4, -0.2) is 10.9 Å². The second kappa shape index (κ2) is 6.34. The molecule has 0 radical (unpaired) electrons. The molecule has 0 fully saturated rings. The van der Waals surface area contributed by atoms with Crippen molar-refractivity contribution in [3.63, 3.8) is 0 Å². The number of benzene rings is 2. The van der Waals surface area contributed by atoms with E-state index in [1.54, 1.807) is 29.3 Å². The van der Waals surface area contributed by atoms with E-state index >= 15 is 0 Å². The average Bonchev–Trinajstić information content (AvgIpc) is 2.95. The summed E-state index contributed by atoms with van der Waals surface area (Å²) in [5.41, 5.74) is 4.32. The number of hydrogen-bond acceptors (Lipinski definition) is 4. The van der Waals surface area contributed by atoms with Crippen LogP contribution >= 0.6 is 0 Å². The first kappa shape index (κ1) is 15.9. The standard InChI is InChI=1S/C21H16N4O/c1-14-8-10-16(11-9-14)25-20(19-17(21(25)26)6-4-12-23-19)24-18-7-3-2-5-15(18)13-22/h2-12,20,24H,1H3. The van der Waals surface area contributed by atoms with Gasteiger partial charge in [-0.2, -0.15) is 5.26 Å². The molecule has 126 valence electrons. The van der Waals surface area contributed by atoms with Gasteiger partial charge in [0.25, 0.3) is 5.91 Å². The Balaban J connectivity index is 1.81. The summed E-state index contributed by atoms with van der Waals surface area (Å²) in [7, 11) is 0. The fourth-order valence-corrected chi connectivity index (χ4v) is 3.14. The molecule has 0 spiro atoms. The van der Waals surface area contributed by atoms with Crippen molar-refractivity contribution in [2.75, 3.05) is 10.2 Å². The van der Waals surface area contributed by atoms with Crippen LogP contribution in [0.2, 0.25) is 0 Å². The number of anilines is 2. The Hall–Kier alpha value is -3.65. The smallest absolute Gasteiger partial charge is 0.262 e. The van der Waals surface area contributed by atoms with Gasteiger partial charge in [-0.3, -0.25) is 14.7 Å². The van der Waals surface area contributed by atoms with Crippen LogP contribution in [0, 0.1) is 18.3 Å². The van der Waals surface area contributed by atoms with Gasteiger partial charge in [0.1, 0.15) is 6.07 Å². The molecule has 0 saturated heterocycles. The van der Waals surface area contributed by atoms with Gasteiger partial charge in [-0.15, -0.1) is 0 Å². The molecule has 1 atom stereocenters. The Morgan fingerprint density at radius 2 is 1.85 bits per heavy atom. The zero-order chi connectivity index (χ0) is 18.1. The Kier molecular flexibility index (Phi) is 3.86. The van der Waals surface area contributed by atoms with Crippen molar-refractivity contribution in [3.05, 3.63) is 89.2 Å². The molecule has 1 N–H and O–H groups in total. The van der Waals surface area contributed by atoms with E-state index in [0.29, 0.717) is 22.5 Å². The topological polar surface area (TPSA) is 69.0 Å². The number of para-hydroxylation sites is 1. The number of carbonyl (C=O) groups excluding carboxylic acids is 1. The van der Waals surface area contributed by atoms with Crippen LogP contribution in [0.25, 0.3) is 0 Å². The highest BCUT2D eigenvalue weighted by Gasteiger charge is 2.39. The summed E-state index contributed by atoms with van der Waals surface area (Å²) in [6.45, 7) is 2.00. The third kappa shape index (κ3) is 2.58. The zero-order valence-corrected chi connectivity index (χ0v) is 14.2.